The minimum atomic E-state index is -0.648. The molecular weight excluding hydrogens is 402 g/mol. The van der Waals surface area contributed by atoms with Gasteiger partial charge in [0.25, 0.3) is 11.7 Å². The van der Waals surface area contributed by atoms with E-state index in [2.05, 4.69) is 13.8 Å². The fraction of sp³-hybridized carbons (Fsp3) is 0.407. The molecule has 3 rings (SSSR count). The molecule has 0 aromatic heterocycles. The molecule has 0 radical (unpaired) electrons. The Kier molecular flexibility index (Phi) is 7.39. The van der Waals surface area contributed by atoms with E-state index >= 15 is 0 Å². The Balaban J connectivity index is 2.20. The monoisotopic (exact) mass is 435 g/mol. The van der Waals surface area contributed by atoms with E-state index in [0.29, 0.717) is 17.9 Å². The third-order valence-electron chi connectivity index (χ3n) is 6.12. The summed E-state index contributed by atoms with van der Waals surface area (Å²) in [6, 6.07) is 11.1. The molecule has 1 unspecified atom stereocenters. The molecule has 1 atom stereocenters. The van der Waals surface area contributed by atoms with Crippen molar-refractivity contribution in [1.29, 1.82) is 0 Å². The molecule has 32 heavy (non-hydrogen) atoms. The second-order valence-electron chi connectivity index (χ2n) is 8.46. The SMILES string of the molecule is CCCCCN1C(=O)C(=O)/C(=C(/O)c2cc(C)cc(C)c2OC)C1c1ccc(CC)cc1. The van der Waals surface area contributed by atoms with Crippen LogP contribution in [0.1, 0.15) is 67.0 Å². The zero-order valence-electron chi connectivity index (χ0n) is 19.7. The predicted octanol–water partition coefficient (Wildman–Crippen LogP) is 5.49. The molecule has 1 aliphatic heterocycles. The number of rotatable bonds is 8. The number of ether oxygens (including phenoxy) is 1. The van der Waals surface area contributed by atoms with Crippen LogP contribution in [0.3, 0.4) is 0 Å². The number of carbonyl (C=O) groups excluding carboxylic acids is 2. The van der Waals surface area contributed by atoms with E-state index in [1.54, 1.807) is 18.1 Å². The van der Waals surface area contributed by atoms with Gasteiger partial charge in [0.1, 0.15) is 11.5 Å². The third-order valence-corrected chi connectivity index (χ3v) is 6.12. The Labute approximate surface area is 190 Å². The van der Waals surface area contributed by atoms with Crippen LogP contribution in [-0.4, -0.2) is 35.4 Å². The van der Waals surface area contributed by atoms with Crippen LogP contribution in [0.5, 0.6) is 5.75 Å². The first-order valence-electron chi connectivity index (χ1n) is 11.4. The van der Waals surface area contributed by atoms with Crippen molar-refractivity contribution in [2.24, 2.45) is 0 Å². The third kappa shape index (κ3) is 4.43. The van der Waals surface area contributed by atoms with Crippen LogP contribution >= 0.6 is 0 Å². The lowest BCUT2D eigenvalue weighted by Gasteiger charge is -2.25. The average Bonchev–Trinajstić information content (AvgIpc) is 3.03. The Bertz CT molecular complexity index is 1040. The highest BCUT2D eigenvalue weighted by Crippen LogP contribution is 2.42. The molecule has 0 aliphatic carbocycles. The van der Waals surface area contributed by atoms with E-state index in [0.717, 1.165) is 42.4 Å². The van der Waals surface area contributed by atoms with Crippen molar-refractivity contribution >= 4 is 17.4 Å². The van der Waals surface area contributed by atoms with Crippen LogP contribution in [0.4, 0.5) is 0 Å². The summed E-state index contributed by atoms with van der Waals surface area (Å²) in [5, 5.41) is 11.4. The van der Waals surface area contributed by atoms with Gasteiger partial charge in [-0.25, -0.2) is 0 Å². The van der Waals surface area contributed by atoms with Gasteiger partial charge in [0.2, 0.25) is 0 Å². The second kappa shape index (κ2) is 10.0. The summed E-state index contributed by atoms with van der Waals surface area (Å²) in [7, 11) is 1.54. The molecule has 1 amide bonds. The highest BCUT2D eigenvalue weighted by Gasteiger charge is 2.46. The van der Waals surface area contributed by atoms with Gasteiger partial charge in [-0.3, -0.25) is 9.59 Å². The normalized spacial score (nSPS) is 17.8. The van der Waals surface area contributed by atoms with Gasteiger partial charge in [-0.1, -0.05) is 57.0 Å². The molecular formula is C27H33NO4. The number of aliphatic hydroxyl groups is 1. The zero-order chi connectivity index (χ0) is 23.4. The Hall–Kier alpha value is -3.08. The first kappa shape index (κ1) is 23.6. The first-order valence-corrected chi connectivity index (χ1v) is 11.4. The summed E-state index contributed by atoms with van der Waals surface area (Å²) in [5.74, 6) is -0.889. The van der Waals surface area contributed by atoms with Gasteiger partial charge < -0.3 is 14.7 Å². The fourth-order valence-electron chi connectivity index (χ4n) is 4.47. The number of aryl methyl sites for hydroxylation is 3. The van der Waals surface area contributed by atoms with Crippen molar-refractivity contribution in [3.05, 3.63) is 69.8 Å². The number of aliphatic hydroxyl groups excluding tert-OH is 1. The Morgan fingerprint density at radius 1 is 1.06 bits per heavy atom. The Morgan fingerprint density at radius 2 is 1.75 bits per heavy atom. The average molecular weight is 436 g/mol. The summed E-state index contributed by atoms with van der Waals surface area (Å²) in [4.78, 5) is 27.8. The number of unbranched alkanes of at least 4 members (excludes halogenated alkanes) is 2. The molecule has 2 aromatic carbocycles. The minimum absolute atomic E-state index is 0.124. The number of nitrogens with zero attached hydrogens (tertiary/aromatic N) is 1. The summed E-state index contributed by atoms with van der Waals surface area (Å²) in [5.41, 5.74) is 4.35. The van der Waals surface area contributed by atoms with Crippen molar-refractivity contribution < 1.29 is 19.4 Å². The molecule has 1 aliphatic rings. The fourth-order valence-corrected chi connectivity index (χ4v) is 4.47. The summed E-state index contributed by atoms with van der Waals surface area (Å²) in [6.07, 6.45) is 3.69. The van der Waals surface area contributed by atoms with Gasteiger partial charge in [-0.15, -0.1) is 0 Å². The topological polar surface area (TPSA) is 66.8 Å². The minimum Gasteiger partial charge on any atom is -0.507 e. The van der Waals surface area contributed by atoms with Crippen LogP contribution in [0.25, 0.3) is 5.76 Å². The van der Waals surface area contributed by atoms with E-state index in [-0.39, 0.29) is 11.3 Å². The maximum atomic E-state index is 13.2. The van der Waals surface area contributed by atoms with E-state index in [1.165, 1.54) is 5.56 Å². The van der Waals surface area contributed by atoms with Crippen molar-refractivity contribution in [3.8, 4) is 5.75 Å². The first-order chi connectivity index (χ1) is 15.3. The molecule has 0 saturated carbocycles. The molecule has 170 valence electrons. The number of benzene rings is 2. The standard InChI is InChI=1S/C27H33NO4/c1-6-8-9-14-28-23(20-12-10-19(7-2)11-13-20)22(25(30)27(28)31)24(29)21-16-17(3)15-18(4)26(21)32-5/h10-13,15-16,23,29H,6-9,14H2,1-5H3/b24-22+. The highest BCUT2D eigenvalue weighted by atomic mass is 16.5. The van der Waals surface area contributed by atoms with Crippen molar-refractivity contribution in [2.45, 2.75) is 59.4 Å². The van der Waals surface area contributed by atoms with Crippen molar-refractivity contribution in [2.75, 3.05) is 13.7 Å². The maximum Gasteiger partial charge on any atom is 0.295 e. The number of amides is 1. The molecule has 1 heterocycles. The number of carbonyl (C=O) groups is 2. The molecule has 1 fully saturated rings. The summed E-state index contributed by atoms with van der Waals surface area (Å²) < 4.78 is 5.55. The van der Waals surface area contributed by atoms with E-state index < -0.39 is 17.7 Å². The van der Waals surface area contributed by atoms with Gasteiger partial charge in [-0.2, -0.15) is 0 Å². The molecule has 5 nitrogen and oxygen atoms in total. The quantitative estimate of drug-likeness (QED) is 0.258. The number of hydrogen-bond donors (Lipinski definition) is 1. The second-order valence-corrected chi connectivity index (χ2v) is 8.46. The van der Waals surface area contributed by atoms with Crippen molar-refractivity contribution in [1.82, 2.24) is 4.90 Å². The predicted molar refractivity (Wildman–Crippen MR) is 127 cm³/mol. The van der Waals surface area contributed by atoms with Gasteiger partial charge in [0.05, 0.1) is 24.3 Å². The maximum absolute atomic E-state index is 13.2. The lowest BCUT2D eigenvalue weighted by atomic mass is 9.93. The molecule has 5 heteroatoms. The smallest absolute Gasteiger partial charge is 0.295 e. The summed E-state index contributed by atoms with van der Waals surface area (Å²) >= 11 is 0. The van der Waals surface area contributed by atoms with Crippen LogP contribution in [0, 0.1) is 13.8 Å². The molecule has 1 saturated heterocycles. The van der Waals surface area contributed by atoms with E-state index in [9.17, 15) is 14.7 Å². The van der Waals surface area contributed by atoms with Crippen LogP contribution in [0.15, 0.2) is 42.0 Å². The van der Waals surface area contributed by atoms with Crippen LogP contribution in [-0.2, 0) is 16.0 Å². The lowest BCUT2D eigenvalue weighted by Crippen LogP contribution is -2.30. The lowest BCUT2D eigenvalue weighted by molar-refractivity contribution is -0.139. The summed E-state index contributed by atoms with van der Waals surface area (Å²) in [6.45, 7) is 8.47. The van der Waals surface area contributed by atoms with Crippen LogP contribution in [0.2, 0.25) is 0 Å². The number of Topliss-reactive ketones (excluding diaryl/α,β-unsaturated/α-hetero) is 1. The number of ketones is 1. The highest BCUT2D eigenvalue weighted by molar-refractivity contribution is 6.46. The number of methoxy groups -OCH3 is 1. The van der Waals surface area contributed by atoms with Crippen molar-refractivity contribution in [3.63, 3.8) is 0 Å². The number of hydrogen-bond acceptors (Lipinski definition) is 4. The largest absolute Gasteiger partial charge is 0.507 e. The van der Waals surface area contributed by atoms with Crippen LogP contribution < -0.4 is 4.74 Å². The van der Waals surface area contributed by atoms with Gasteiger partial charge in [0.15, 0.2) is 0 Å². The zero-order valence-corrected chi connectivity index (χ0v) is 19.7. The van der Waals surface area contributed by atoms with Gasteiger partial charge in [0, 0.05) is 6.54 Å². The molecule has 2 aromatic rings. The Morgan fingerprint density at radius 3 is 2.34 bits per heavy atom. The van der Waals surface area contributed by atoms with Gasteiger partial charge in [-0.05, 0) is 55.0 Å². The number of likely N-dealkylation sites (tertiary alicyclic amines) is 1. The van der Waals surface area contributed by atoms with E-state index in [1.807, 2.05) is 44.2 Å². The molecule has 1 N–H and O–H groups in total. The molecule has 0 spiro atoms. The van der Waals surface area contributed by atoms with Gasteiger partial charge >= 0.3 is 0 Å². The van der Waals surface area contributed by atoms with E-state index in [4.69, 9.17) is 4.74 Å². The molecule has 0 bridgehead atoms.